The molecule has 0 atom stereocenters. The van der Waals surface area contributed by atoms with Gasteiger partial charge < -0.3 is 15.0 Å². The van der Waals surface area contributed by atoms with Crippen LogP contribution in [0, 0.1) is 5.41 Å². The van der Waals surface area contributed by atoms with Gasteiger partial charge in [0.05, 0.1) is 5.56 Å². The number of carbonyl (C=O) groups excluding carboxylic acids is 1. The molecule has 1 aromatic rings. The Morgan fingerprint density at radius 2 is 2.17 bits per heavy atom. The van der Waals surface area contributed by atoms with Crippen LogP contribution in [0.4, 0.5) is 0 Å². The van der Waals surface area contributed by atoms with Crippen molar-refractivity contribution in [3.8, 4) is 0 Å². The normalized spacial score (nSPS) is 11.3. The summed E-state index contributed by atoms with van der Waals surface area (Å²) in [6, 6.07) is 2.85. The van der Waals surface area contributed by atoms with Crippen LogP contribution in [0.1, 0.15) is 30.6 Å². The molecule has 0 unspecified atom stereocenters. The van der Waals surface area contributed by atoms with Gasteiger partial charge in [0.1, 0.15) is 0 Å². The van der Waals surface area contributed by atoms with Gasteiger partial charge in [-0.1, -0.05) is 13.8 Å². The van der Waals surface area contributed by atoms with Crippen molar-refractivity contribution in [3.63, 3.8) is 0 Å². The lowest BCUT2D eigenvalue weighted by molar-refractivity contribution is 0.0920. The first-order valence-electron chi connectivity index (χ1n) is 5.90. The third kappa shape index (κ3) is 4.71. The summed E-state index contributed by atoms with van der Waals surface area (Å²) in [4.78, 5) is 25.2. The predicted molar refractivity (Wildman–Crippen MR) is 69.7 cm³/mol. The Hall–Kier alpha value is -1.62. The van der Waals surface area contributed by atoms with E-state index in [0.717, 1.165) is 6.42 Å². The number of rotatable bonds is 6. The Kier molecular flexibility index (Phi) is 5.09. The molecule has 0 bridgehead atoms. The van der Waals surface area contributed by atoms with E-state index in [1.807, 2.05) is 0 Å². The SMILES string of the molecule is COCCC(C)(C)CNC(=O)c1ccc(=O)[nH]c1. The van der Waals surface area contributed by atoms with Crippen LogP contribution >= 0.6 is 0 Å². The zero-order valence-corrected chi connectivity index (χ0v) is 11.1. The lowest BCUT2D eigenvalue weighted by Crippen LogP contribution is -2.34. The average Bonchev–Trinajstić information content (AvgIpc) is 2.35. The molecule has 18 heavy (non-hydrogen) atoms. The number of carbonyl (C=O) groups is 1. The minimum absolute atomic E-state index is 0.0200. The van der Waals surface area contributed by atoms with Gasteiger partial charge in [0, 0.05) is 32.5 Å². The molecule has 0 fully saturated rings. The molecule has 5 nitrogen and oxygen atoms in total. The summed E-state index contributed by atoms with van der Waals surface area (Å²) in [5, 5.41) is 2.85. The monoisotopic (exact) mass is 252 g/mol. The topological polar surface area (TPSA) is 71.2 Å². The van der Waals surface area contributed by atoms with Crippen molar-refractivity contribution < 1.29 is 9.53 Å². The molecule has 0 spiro atoms. The first-order valence-corrected chi connectivity index (χ1v) is 5.90. The summed E-state index contributed by atoms with van der Waals surface area (Å²) in [5.41, 5.74) is 0.220. The number of hydrogen-bond acceptors (Lipinski definition) is 3. The lowest BCUT2D eigenvalue weighted by atomic mass is 9.89. The van der Waals surface area contributed by atoms with E-state index < -0.39 is 0 Å². The molecule has 1 amide bonds. The number of H-pyrrole nitrogens is 1. The zero-order chi connectivity index (χ0) is 13.6. The largest absolute Gasteiger partial charge is 0.385 e. The van der Waals surface area contributed by atoms with Crippen LogP contribution in [-0.2, 0) is 4.74 Å². The highest BCUT2D eigenvalue weighted by atomic mass is 16.5. The molecular weight excluding hydrogens is 232 g/mol. The van der Waals surface area contributed by atoms with Crippen LogP contribution in [0.2, 0.25) is 0 Å². The molecule has 1 aromatic heterocycles. The van der Waals surface area contributed by atoms with Crippen LogP contribution < -0.4 is 10.9 Å². The minimum atomic E-state index is -0.216. The molecule has 2 N–H and O–H groups in total. The number of nitrogens with one attached hydrogen (secondary N) is 2. The van der Waals surface area contributed by atoms with E-state index in [1.54, 1.807) is 7.11 Å². The van der Waals surface area contributed by atoms with Crippen molar-refractivity contribution >= 4 is 5.91 Å². The summed E-state index contributed by atoms with van der Waals surface area (Å²) in [6.07, 6.45) is 2.29. The quantitative estimate of drug-likeness (QED) is 0.798. The Morgan fingerprint density at radius 1 is 1.44 bits per heavy atom. The first kappa shape index (κ1) is 14.4. The molecule has 0 saturated heterocycles. The first-order chi connectivity index (χ1) is 8.44. The van der Waals surface area contributed by atoms with Crippen molar-refractivity contribution in [1.82, 2.24) is 10.3 Å². The van der Waals surface area contributed by atoms with Crippen LogP contribution in [0.15, 0.2) is 23.1 Å². The molecule has 0 aliphatic rings. The van der Waals surface area contributed by atoms with E-state index in [4.69, 9.17) is 4.74 Å². The summed E-state index contributed by atoms with van der Waals surface area (Å²) in [5.74, 6) is -0.184. The zero-order valence-electron chi connectivity index (χ0n) is 11.1. The van der Waals surface area contributed by atoms with Crippen LogP contribution in [0.25, 0.3) is 0 Å². The van der Waals surface area contributed by atoms with Gasteiger partial charge in [-0.3, -0.25) is 9.59 Å². The Balaban J connectivity index is 2.50. The van der Waals surface area contributed by atoms with Gasteiger partial charge in [0.2, 0.25) is 5.56 Å². The van der Waals surface area contributed by atoms with E-state index in [2.05, 4.69) is 24.1 Å². The fourth-order valence-electron chi connectivity index (χ4n) is 1.44. The summed E-state index contributed by atoms with van der Waals surface area (Å²) in [6.45, 7) is 5.37. The second kappa shape index (κ2) is 6.35. The fourth-order valence-corrected chi connectivity index (χ4v) is 1.44. The second-order valence-electron chi connectivity index (χ2n) is 5.03. The van der Waals surface area contributed by atoms with Gasteiger partial charge in [-0.05, 0) is 17.9 Å². The van der Waals surface area contributed by atoms with E-state index in [0.29, 0.717) is 18.7 Å². The number of aromatic amines is 1. The highest BCUT2D eigenvalue weighted by Gasteiger charge is 2.18. The van der Waals surface area contributed by atoms with Crippen molar-refractivity contribution in [2.75, 3.05) is 20.3 Å². The highest BCUT2D eigenvalue weighted by Crippen LogP contribution is 2.18. The maximum absolute atomic E-state index is 11.8. The average molecular weight is 252 g/mol. The van der Waals surface area contributed by atoms with Crippen LogP contribution in [0.5, 0.6) is 0 Å². The molecular formula is C13H20N2O3. The highest BCUT2D eigenvalue weighted by molar-refractivity contribution is 5.93. The van der Waals surface area contributed by atoms with Gasteiger partial charge in [-0.25, -0.2) is 0 Å². The molecule has 0 aliphatic carbocycles. The summed E-state index contributed by atoms with van der Waals surface area (Å²) >= 11 is 0. The molecule has 0 radical (unpaired) electrons. The number of methoxy groups -OCH3 is 1. The molecule has 100 valence electrons. The third-order valence-electron chi connectivity index (χ3n) is 2.76. The molecule has 1 rings (SSSR count). The van der Waals surface area contributed by atoms with Crippen LogP contribution in [-0.4, -0.2) is 31.2 Å². The van der Waals surface area contributed by atoms with Gasteiger partial charge in [-0.2, -0.15) is 0 Å². The van der Waals surface area contributed by atoms with Gasteiger partial charge in [-0.15, -0.1) is 0 Å². The van der Waals surface area contributed by atoms with E-state index >= 15 is 0 Å². The Labute approximate surface area is 107 Å². The Morgan fingerprint density at radius 3 is 2.72 bits per heavy atom. The van der Waals surface area contributed by atoms with Crippen molar-refractivity contribution in [2.45, 2.75) is 20.3 Å². The molecule has 1 heterocycles. The Bertz CT molecular complexity index is 431. The van der Waals surface area contributed by atoms with Gasteiger partial charge in [0.15, 0.2) is 0 Å². The van der Waals surface area contributed by atoms with Gasteiger partial charge >= 0.3 is 0 Å². The number of amides is 1. The predicted octanol–water partition coefficient (Wildman–Crippen LogP) is 1.17. The van der Waals surface area contributed by atoms with Crippen molar-refractivity contribution in [2.24, 2.45) is 5.41 Å². The standard InChI is InChI=1S/C13H20N2O3/c1-13(2,6-7-18-3)9-15-12(17)10-4-5-11(16)14-8-10/h4-5,8H,6-7,9H2,1-3H3,(H,14,16)(H,15,17). The van der Waals surface area contributed by atoms with Crippen molar-refractivity contribution in [3.05, 3.63) is 34.2 Å². The summed E-state index contributed by atoms with van der Waals surface area (Å²) < 4.78 is 5.03. The molecule has 0 saturated carbocycles. The molecule has 0 aromatic carbocycles. The van der Waals surface area contributed by atoms with Gasteiger partial charge in [0.25, 0.3) is 5.91 Å². The third-order valence-corrected chi connectivity index (χ3v) is 2.76. The van der Waals surface area contributed by atoms with Crippen LogP contribution in [0.3, 0.4) is 0 Å². The number of aromatic nitrogens is 1. The smallest absolute Gasteiger partial charge is 0.252 e. The van der Waals surface area contributed by atoms with Crippen molar-refractivity contribution in [1.29, 1.82) is 0 Å². The van der Waals surface area contributed by atoms with E-state index in [9.17, 15) is 9.59 Å². The molecule has 0 aliphatic heterocycles. The minimum Gasteiger partial charge on any atom is -0.385 e. The lowest BCUT2D eigenvalue weighted by Gasteiger charge is -2.24. The maximum atomic E-state index is 11.8. The fraction of sp³-hybridized carbons (Fsp3) is 0.538. The summed E-state index contributed by atoms with van der Waals surface area (Å²) in [7, 11) is 1.66. The number of hydrogen-bond donors (Lipinski definition) is 2. The number of ether oxygens (including phenoxy) is 1. The molecule has 5 heteroatoms. The second-order valence-corrected chi connectivity index (χ2v) is 5.03. The van der Waals surface area contributed by atoms with E-state index in [1.165, 1.54) is 18.3 Å². The maximum Gasteiger partial charge on any atom is 0.252 e. The van der Waals surface area contributed by atoms with E-state index in [-0.39, 0.29) is 16.9 Å². The number of pyridine rings is 1.